The molecule has 0 radical (unpaired) electrons. The summed E-state index contributed by atoms with van der Waals surface area (Å²) in [5.41, 5.74) is -3.01. The summed E-state index contributed by atoms with van der Waals surface area (Å²) >= 11 is 0. The molecule has 0 unspecified atom stereocenters. The van der Waals surface area contributed by atoms with Gasteiger partial charge in [0.05, 0.1) is 5.54 Å². The van der Waals surface area contributed by atoms with Gasteiger partial charge in [0.25, 0.3) is 0 Å². The summed E-state index contributed by atoms with van der Waals surface area (Å²) in [6.45, 7) is 7.92. The first-order valence-corrected chi connectivity index (χ1v) is 12.5. The number of rotatable bonds is 14. The van der Waals surface area contributed by atoms with Gasteiger partial charge in [-0.05, 0) is 38.0 Å². The number of unbranched alkanes of at least 4 members (excludes halogenated alkanes) is 4. The van der Waals surface area contributed by atoms with Crippen molar-refractivity contribution in [2.75, 3.05) is 0 Å². The van der Waals surface area contributed by atoms with Crippen LogP contribution in [-0.2, 0) is 14.4 Å². The molecule has 0 aliphatic heterocycles. The van der Waals surface area contributed by atoms with Gasteiger partial charge in [0.1, 0.15) is 0 Å². The van der Waals surface area contributed by atoms with Gasteiger partial charge >= 0.3 is 5.97 Å². The van der Waals surface area contributed by atoms with E-state index >= 15 is 0 Å². The fourth-order valence-electron chi connectivity index (χ4n) is 5.23. The molecule has 0 heterocycles. The van der Waals surface area contributed by atoms with Crippen molar-refractivity contribution < 1.29 is 19.5 Å². The van der Waals surface area contributed by atoms with Crippen molar-refractivity contribution in [2.45, 2.75) is 129 Å². The Bertz CT molecular complexity index is 619. The topological polar surface area (TPSA) is 130 Å². The smallest absolute Gasteiger partial charge is 0.333 e. The summed E-state index contributed by atoms with van der Waals surface area (Å²) in [6.07, 6.45) is 8.86. The molecule has 1 saturated carbocycles. The molecule has 0 aromatic carbocycles. The van der Waals surface area contributed by atoms with Gasteiger partial charge in [-0.1, -0.05) is 72.6 Å². The van der Waals surface area contributed by atoms with E-state index in [9.17, 15) is 19.5 Å². The highest BCUT2D eigenvalue weighted by atomic mass is 16.4. The van der Waals surface area contributed by atoms with E-state index in [1.165, 1.54) is 0 Å². The molecule has 2 amide bonds. The Hall–Kier alpha value is -1.67. The predicted molar refractivity (Wildman–Crippen MR) is 126 cm³/mol. The van der Waals surface area contributed by atoms with E-state index in [-0.39, 0.29) is 31.1 Å². The summed E-state index contributed by atoms with van der Waals surface area (Å²) in [7, 11) is 0. The van der Waals surface area contributed by atoms with Crippen molar-refractivity contribution >= 4 is 17.8 Å². The number of aliphatic carboxylic acids is 1. The zero-order valence-electron chi connectivity index (χ0n) is 20.7. The SMILES string of the molecule is CCCCCC(=O)N(N)C1([C@](CC(C)C)(C(=O)O)N(N)C(=O)CCCCC)CCCCC1. The van der Waals surface area contributed by atoms with Crippen LogP contribution in [0.3, 0.4) is 0 Å². The van der Waals surface area contributed by atoms with Crippen LogP contribution in [0.4, 0.5) is 0 Å². The minimum atomic E-state index is -1.78. The number of carbonyl (C=O) groups excluding carboxylic acids is 2. The summed E-state index contributed by atoms with van der Waals surface area (Å²) in [6, 6.07) is 0. The highest BCUT2D eigenvalue weighted by molar-refractivity contribution is 5.89. The standard InChI is InChI=1S/C24H46N4O4/c1-5-7-10-14-20(29)27(25)23(16-12-9-13-17-23)24(22(31)32,18-19(3)4)28(26)21(30)15-11-8-6-2/h19H,5-18,25-26H2,1-4H3,(H,31,32)/t24-/m0/s1. The van der Waals surface area contributed by atoms with Crippen LogP contribution in [0.25, 0.3) is 0 Å². The number of carboxylic acids is 1. The maximum atomic E-state index is 13.1. The monoisotopic (exact) mass is 454 g/mol. The number of hydrogen-bond acceptors (Lipinski definition) is 5. The molecule has 186 valence electrons. The molecule has 0 aromatic rings. The third-order valence-electron chi connectivity index (χ3n) is 6.91. The first kappa shape index (κ1) is 28.4. The molecule has 1 fully saturated rings. The van der Waals surface area contributed by atoms with Gasteiger partial charge in [-0.25, -0.2) is 16.5 Å². The van der Waals surface area contributed by atoms with E-state index in [2.05, 4.69) is 6.92 Å². The van der Waals surface area contributed by atoms with Crippen LogP contribution in [0.15, 0.2) is 0 Å². The van der Waals surface area contributed by atoms with Gasteiger partial charge < -0.3 is 5.11 Å². The molecule has 1 aliphatic carbocycles. The summed E-state index contributed by atoms with van der Waals surface area (Å²) in [5.74, 6) is 11.0. The Labute approximate surface area is 194 Å². The van der Waals surface area contributed by atoms with Gasteiger partial charge in [-0.15, -0.1) is 0 Å². The quantitative estimate of drug-likeness (QED) is 0.157. The van der Waals surface area contributed by atoms with Crippen LogP contribution < -0.4 is 11.7 Å². The maximum absolute atomic E-state index is 13.1. The van der Waals surface area contributed by atoms with Crippen molar-refractivity contribution in [3.8, 4) is 0 Å². The molecular formula is C24H46N4O4. The number of hydrazine groups is 2. The molecule has 1 aliphatic rings. The van der Waals surface area contributed by atoms with Gasteiger partial charge in [0, 0.05) is 12.8 Å². The van der Waals surface area contributed by atoms with E-state index in [1.54, 1.807) is 0 Å². The normalized spacial score (nSPS) is 17.6. The second kappa shape index (κ2) is 13.1. The van der Waals surface area contributed by atoms with Crippen LogP contribution in [0, 0.1) is 5.92 Å². The minimum absolute atomic E-state index is 0.0667. The van der Waals surface area contributed by atoms with Crippen molar-refractivity contribution in [3.63, 3.8) is 0 Å². The van der Waals surface area contributed by atoms with E-state index in [4.69, 9.17) is 11.7 Å². The minimum Gasteiger partial charge on any atom is -0.479 e. The van der Waals surface area contributed by atoms with Crippen LogP contribution in [0.1, 0.15) is 118 Å². The largest absolute Gasteiger partial charge is 0.479 e. The summed E-state index contributed by atoms with van der Waals surface area (Å²) < 4.78 is 0. The molecular weight excluding hydrogens is 408 g/mol. The van der Waals surface area contributed by atoms with Gasteiger partial charge in [-0.2, -0.15) is 0 Å². The third kappa shape index (κ3) is 6.22. The Morgan fingerprint density at radius 3 is 1.84 bits per heavy atom. The average molecular weight is 455 g/mol. The molecule has 0 spiro atoms. The molecule has 1 rings (SSSR count). The number of nitrogens with zero attached hydrogens (tertiary/aromatic N) is 2. The fourth-order valence-corrected chi connectivity index (χ4v) is 5.23. The van der Waals surface area contributed by atoms with Crippen molar-refractivity contribution in [1.82, 2.24) is 10.0 Å². The lowest BCUT2D eigenvalue weighted by Crippen LogP contribution is -2.79. The maximum Gasteiger partial charge on any atom is 0.333 e. The number of nitrogens with two attached hydrogens (primary N) is 2. The highest BCUT2D eigenvalue weighted by Gasteiger charge is 2.64. The summed E-state index contributed by atoms with van der Waals surface area (Å²) in [5, 5.41) is 12.8. The van der Waals surface area contributed by atoms with Crippen LogP contribution >= 0.6 is 0 Å². The van der Waals surface area contributed by atoms with Gasteiger partial charge in [-0.3, -0.25) is 19.6 Å². The van der Waals surface area contributed by atoms with Gasteiger partial charge in [0.15, 0.2) is 5.54 Å². The molecule has 0 bridgehead atoms. The third-order valence-corrected chi connectivity index (χ3v) is 6.91. The predicted octanol–water partition coefficient (Wildman–Crippen LogP) is 4.12. The van der Waals surface area contributed by atoms with Crippen molar-refractivity contribution in [2.24, 2.45) is 17.6 Å². The highest BCUT2D eigenvalue weighted by Crippen LogP contribution is 2.47. The first-order valence-electron chi connectivity index (χ1n) is 12.5. The summed E-state index contributed by atoms with van der Waals surface area (Å²) in [4.78, 5) is 39.3. The average Bonchev–Trinajstić information content (AvgIpc) is 2.76. The second-order valence-electron chi connectivity index (χ2n) is 9.80. The zero-order valence-corrected chi connectivity index (χ0v) is 20.7. The molecule has 5 N–H and O–H groups in total. The van der Waals surface area contributed by atoms with Crippen LogP contribution in [0.5, 0.6) is 0 Å². The lowest BCUT2D eigenvalue weighted by atomic mass is 9.63. The molecule has 8 nitrogen and oxygen atoms in total. The molecule has 0 aromatic heterocycles. The van der Waals surface area contributed by atoms with Crippen molar-refractivity contribution in [3.05, 3.63) is 0 Å². The molecule has 1 atom stereocenters. The molecule has 0 saturated heterocycles. The number of hydrogen-bond donors (Lipinski definition) is 3. The van der Waals surface area contributed by atoms with Crippen LogP contribution in [-0.4, -0.2) is 44.0 Å². The Kier molecular flexibility index (Phi) is 11.6. The van der Waals surface area contributed by atoms with Gasteiger partial charge in [0.2, 0.25) is 11.8 Å². The first-order chi connectivity index (χ1) is 15.1. The lowest BCUT2D eigenvalue weighted by molar-refractivity contribution is -0.185. The van der Waals surface area contributed by atoms with E-state index in [1.807, 2.05) is 20.8 Å². The number of carbonyl (C=O) groups is 3. The Morgan fingerprint density at radius 2 is 1.41 bits per heavy atom. The van der Waals surface area contributed by atoms with E-state index in [0.29, 0.717) is 25.7 Å². The number of amides is 2. The lowest BCUT2D eigenvalue weighted by Gasteiger charge is -2.57. The van der Waals surface area contributed by atoms with Crippen LogP contribution in [0.2, 0.25) is 0 Å². The molecule has 32 heavy (non-hydrogen) atoms. The molecule has 8 heteroatoms. The zero-order chi connectivity index (χ0) is 24.4. The fraction of sp³-hybridized carbons (Fsp3) is 0.875. The Balaban J connectivity index is 3.52. The second-order valence-corrected chi connectivity index (χ2v) is 9.80. The number of carboxylic acid groups (broad SMARTS) is 1. The Morgan fingerprint density at radius 1 is 0.906 bits per heavy atom. The van der Waals surface area contributed by atoms with E-state index in [0.717, 1.165) is 55.0 Å². The van der Waals surface area contributed by atoms with E-state index < -0.39 is 23.0 Å². The van der Waals surface area contributed by atoms with Crippen molar-refractivity contribution in [1.29, 1.82) is 0 Å².